The molecule has 1 atom stereocenters. The summed E-state index contributed by atoms with van der Waals surface area (Å²) in [6, 6.07) is 6.18. The molecule has 1 fully saturated rings. The normalized spacial score (nSPS) is 17.1. The molecule has 0 radical (unpaired) electrons. The van der Waals surface area contributed by atoms with E-state index in [-0.39, 0.29) is 11.3 Å². The monoisotopic (exact) mass is 334 g/mol. The van der Waals surface area contributed by atoms with E-state index in [1.807, 2.05) is 6.92 Å². The van der Waals surface area contributed by atoms with E-state index in [1.54, 1.807) is 0 Å². The van der Waals surface area contributed by atoms with Crippen LogP contribution in [0.25, 0.3) is 10.9 Å². The minimum atomic E-state index is -3.18. The average molecular weight is 334 g/mol. The van der Waals surface area contributed by atoms with Crippen LogP contribution in [0.2, 0.25) is 0 Å². The van der Waals surface area contributed by atoms with Gasteiger partial charge in [-0.2, -0.15) is 0 Å². The minimum Gasteiger partial charge on any atom is -0.347 e. The Labute approximate surface area is 138 Å². The van der Waals surface area contributed by atoms with Crippen LogP contribution in [0.3, 0.4) is 0 Å². The third-order valence-corrected chi connectivity index (χ3v) is 6.43. The summed E-state index contributed by atoms with van der Waals surface area (Å²) >= 11 is 0. The molecule has 4 nitrogen and oxygen atoms in total. The third kappa shape index (κ3) is 3.45. The van der Waals surface area contributed by atoms with Crippen LogP contribution in [0.15, 0.2) is 24.4 Å². The molecule has 2 aromatic rings. The van der Waals surface area contributed by atoms with Crippen molar-refractivity contribution in [2.24, 2.45) is 5.92 Å². The van der Waals surface area contributed by atoms with Crippen molar-refractivity contribution < 1.29 is 8.42 Å². The number of aryl methyl sites for hydroxylation is 1. The first-order valence-electron chi connectivity index (χ1n) is 8.38. The van der Waals surface area contributed by atoms with Crippen LogP contribution >= 0.6 is 0 Å². The number of hydrogen-bond donors (Lipinski definition) is 1. The minimum absolute atomic E-state index is 0.184. The number of nitrogens with one attached hydrogen (secondary N) is 1. The van der Waals surface area contributed by atoms with Crippen molar-refractivity contribution in [3.05, 3.63) is 35.5 Å². The first kappa shape index (κ1) is 16.5. The zero-order valence-electron chi connectivity index (χ0n) is 14.3. The molecule has 1 aliphatic carbocycles. The summed E-state index contributed by atoms with van der Waals surface area (Å²) in [6.45, 7) is 9.35. The molecule has 23 heavy (non-hydrogen) atoms. The Morgan fingerprint density at radius 3 is 2.57 bits per heavy atom. The fourth-order valence-electron chi connectivity index (χ4n) is 3.10. The van der Waals surface area contributed by atoms with Gasteiger partial charge in [0.25, 0.3) is 0 Å². The Kier molecular flexibility index (Phi) is 4.27. The lowest BCUT2D eigenvalue weighted by atomic mass is 10.1. The number of benzene rings is 1. The number of rotatable bonds is 6. The van der Waals surface area contributed by atoms with Crippen molar-refractivity contribution in [1.82, 2.24) is 9.29 Å². The number of aromatic nitrogens is 1. The van der Waals surface area contributed by atoms with Crippen molar-refractivity contribution in [3.8, 4) is 0 Å². The van der Waals surface area contributed by atoms with E-state index in [1.165, 1.54) is 11.1 Å². The van der Waals surface area contributed by atoms with Gasteiger partial charge in [-0.15, -0.1) is 0 Å². The highest BCUT2D eigenvalue weighted by atomic mass is 32.2. The van der Waals surface area contributed by atoms with Crippen LogP contribution in [0.1, 0.15) is 50.8 Å². The van der Waals surface area contributed by atoms with Gasteiger partial charge in [-0.05, 0) is 49.8 Å². The second-order valence-electron chi connectivity index (χ2n) is 7.24. The van der Waals surface area contributed by atoms with Crippen molar-refractivity contribution >= 4 is 20.9 Å². The largest absolute Gasteiger partial charge is 0.347 e. The van der Waals surface area contributed by atoms with Gasteiger partial charge < -0.3 is 4.57 Å². The smallest absolute Gasteiger partial charge is 0.215 e. The average Bonchev–Trinajstić information content (AvgIpc) is 3.23. The molecule has 0 spiro atoms. The van der Waals surface area contributed by atoms with Gasteiger partial charge in [-0.25, -0.2) is 13.1 Å². The Hall–Kier alpha value is -1.33. The predicted octanol–water partition coefficient (Wildman–Crippen LogP) is 3.75. The fourth-order valence-corrected chi connectivity index (χ4v) is 4.67. The summed E-state index contributed by atoms with van der Waals surface area (Å²) in [6.07, 6.45) is 3.69. The van der Waals surface area contributed by atoms with E-state index in [9.17, 15) is 8.42 Å². The molecule has 1 aromatic heterocycles. The summed E-state index contributed by atoms with van der Waals surface area (Å²) < 4.78 is 29.6. The van der Waals surface area contributed by atoms with Crippen LogP contribution in [-0.4, -0.2) is 18.2 Å². The van der Waals surface area contributed by atoms with Crippen LogP contribution in [-0.2, 0) is 16.6 Å². The van der Waals surface area contributed by atoms with E-state index < -0.39 is 10.0 Å². The van der Waals surface area contributed by atoms with Gasteiger partial charge in [-0.3, -0.25) is 0 Å². The van der Waals surface area contributed by atoms with Crippen molar-refractivity contribution in [3.63, 3.8) is 0 Å². The standard InChI is InChI=1S/C18H26N2O2S/c1-12(2)10-20-11-17(16-8-5-13(3)9-18(16)20)14(4)19-23(21,22)15-6-7-15/h5,8-9,11-12,14-15,19H,6-7,10H2,1-4H3/t14-/m1/s1. The SMILES string of the molecule is Cc1ccc2c([C@@H](C)NS(=O)(=O)C3CC3)cn(CC(C)C)c2c1. The first-order valence-corrected chi connectivity index (χ1v) is 9.93. The van der Waals surface area contributed by atoms with Gasteiger partial charge in [0.2, 0.25) is 10.0 Å². The highest BCUT2D eigenvalue weighted by molar-refractivity contribution is 7.90. The highest BCUT2D eigenvalue weighted by Crippen LogP contribution is 2.32. The quantitative estimate of drug-likeness (QED) is 0.875. The lowest BCUT2D eigenvalue weighted by molar-refractivity contribution is 0.532. The molecule has 0 bridgehead atoms. The molecule has 1 saturated carbocycles. The van der Waals surface area contributed by atoms with Crippen molar-refractivity contribution in [1.29, 1.82) is 0 Å². The molecule has 3 rings (SSSR count). The van der Waals surface area contributed by atoms with Crippen LogP contribution in [0.4, 0.5) is 0 Å². The van der Waals surface area contributed by atoms with Gasteiger partial charge in [0.15, 0.2) is 0 Å². The lowest BCUT2D eigenvalue weighted by Gasteiger charge is -2.13. The van der Waals surface area contributed by atoms with E-state index in [0.29, 0.717) is 5.92 Å². The van der Waals surface area contributed by atoms with Crippen LogP contribution in [0.5, 0.6) is 0 Å². The summed E-state index contributed by atoms with van der Waals surface area (Å²) in [5, 5.41) is 0.957. The van der Waals surface area contributed by atoms with Gasteiger partial charge in [0, 0.05) is 29.7 Å². The van der Waals surface area contributed by atoms with Crippen molar-refractivity contribution in [2.75, 3.05) is 0 Å². The molecule has 5 heteroatoms. The molecule has 1 aliphatic rings. The van der Waals surface area contributed by atoms with Crippen molar-refractivity contribution in [2.45, 2.75) is 58.4 Å². The second kappa shape index (κ2) is 5.95. The maximum Gasteiger partial charge on any atom is 0.215 e. The van der Waals surface area contributed by atoms with Gasteiger partial charge in [0.05, 0.1) is 5.25 Å². The maximum atomic E-state index is 12.2. The molecule has 0 unspecified atom stereocenters. The Balaban J connectivity index is 1.99. The van der Waals surface area contributed by atoms with Crippen LogP contribution < -0.4 is 4.72 Å². The predicted molar refractivity (Wildman–Crippen MR) is 95.0 cm³/mol. The molecule has 1 heterocycles. The Morgan fingerprint density at radius 2 is 1.96 bits per heavy atom. The van der Waals surface area contributed by atoms with E-state index in [0.717, 1.165) is 30.3 Å². The lowest BCUT2D eigenvalue weighted by Crippen LogP contribution is -2.29. The first-order chi connectivity index (χ1) is 10.8. The molecular weight excluding hydrogens is 308 g/mol. The molecule has 0 saturated heterocycles. The molecular formula is C18H26N2O2S. The fraction of sp³-hybridized carbons (Fsp3) is 0.556. The van der Waals surface area contributed by atoms with E-state index in [2.05, 4.69) is 54.5 Å². The number of hydrogen-bond acceptors (Lipinski definition) is 2. The topological polar surface area (TPSA) is 51.1 Å². The zero-order valence-corrected chi connectivity index (χ0v) is 15.2. The zero-order chi connectivity index (χ0) is 16.8. The molecule has 1 N–H and O–H groups in total. The molecule has 1 aromatic carbocycles. The summed E-state index contributed by atoms with van der Waals surface area (Å²) in [5.74, 6) is 0.539. The molecule has 0 aliphatic heterocycles. The van der Waals surface area contributed by atoms with Gasteiger partial charge in [-0.1, -0.05) is 26.0 Å². The number of sulfonamides is 1. The molecule has 126 valence electrons. The maximum absolute atomic E-state index is 12.2. The highest BCUT2D eigenvalue weighted by Gasteiger charge is 2.36. The third-order valence-electron chi connectivity index (χ3n) is 4.40. The van der Waals surface area contributed by atoms with E-state index >= 15 is 0 Å². The van der Waals surface area contributed by atoms with Gasteiger partial charge >= 0.3 is 0 Å². The number of nitrogens with zero attached hydrogens (tertiary/aromatic N) is 1. The summed E-state index contributed by atoms with van der Waals surface area (Å²) in [4.78, 5) is 0. The van der Waals surface area contributed by atoms with Gasteiger partial charge in [0.1, 0.15) is 0 Å². The number of fused-ring (bicyclic) bond motifs is 1. The summed E-state index contributed by atoms with van der Waals surface area (Å²) in [5.41, 5.74) is 3.47. The Bertz CT molecular complexity index is 817. The van der Waals surface area contributed by atoms with E-state index in [4.69, 9.17) is 0 Å². The second-order valence-corrected chi connectivity index (χ2v) is 9.23. The summed E-state index contributed by atoms with van der Waals surface area (Å²) in [7, 11) is -3.18. The Morgan fingerprint density at radius 1 is 1.26 bits per heavy atom. The molecule has 0 amide bonds. The van der Waals surface area contributed by atoms with Crippen LogP contribution in [0, 0.1) is 12.8 Å².